The van der Waals surface area contributed by atoms with Crippen LogP contribution in [0.1, 0.15) is 0 Å². The number of carbonyl (C=O) groups excluding carboxylic acids is 1. The lowest BCUT2D eigenvalue weighted by atomic mass is 10.8. The fraction of sp³-hybridized carbons (Fsp3) is 0.600. The van der Waals surface area contributed by atoms with Crippen LogP contribution in [0, 0.1) is 11.3 Å². The summed E-state index contributed by atoms with van der Waals surface area (Å²) in [4.78, 5) is 10.4. The molecule has 0 aromatic heterocycles. The zero-order chi connectivity index (χ0) is 9.56. The molecule has 0 radical (unpaired) electrons. The minimum Gasteiger partial charge on any atom is -0.438 e. The van der Waals surface area contributed by atoms with Gasteiger partial charge in [-0.1, -0.05) is 0 Å². The smallest absolute Gasteiger partial charge is 0.438 e. The van der Waals surface area contributed by atoms with E-state index in [-0.39, 0.29) is 0 Å². The number of ether oxygens (including phenoxy) is 2. The lowest BCUT2D eigenvalue weighted by molar-refractivity contribution is 0.0712. The fourth-order valence-corrected chi connectivity index (χ4v) is 0.890. The summed E-state index contributed by atoms with van der Waals surface area (Å²) in [7, 11) is -0.414. The first kappa shape index (κ1) is 11.0. The molecule has 7 heteroatoms. The first-order valence-corrected chi connectivity index (χ1v) is 4.27. The molecule has 6 nitrogen and oxygen atoms in total. The molecule has 0 aliphatic rings. The van der Waals surface area contributed by atoms with Crippen molar-refractivity contribution in [3.63, 3.8) is 0 Å². The van der Waals surface area contributed by atoms with Crippen LogP contribution in [0.3, 0.4) is 0 Å². The Balaban J connectivity index is 4.11. The minimum absolute atomic E-state index is 1.06. The summed E-state index contributed by atoms with van der Waals surface area (Å²) in [6, 6.07) is 1.50. The van der Waals surface area contributed by atoms with Gasteiger partial charge in [0.1, 0.15) is 6.07 Å². The Morgan fingerprint density at radius 2 is 2.17 bits per heavy atom. The number of hydrogen-bond donors (Lipinski definition) is 0. The summed E-state index contributed by atoms with van der Waals surface area (Å²) >= 11 is 0. The van der Waals surface area contributed by atoms with Crippen molar-refractivity contribution < 1.29 is 23.4 Å². The summed E-state index contributed by atoms with van der Waals surface area (Å²) in [6.07, 6.45) is -1.06. The Bertz CT molecular complexity index is 222. The Labute approximate surface area is 69.9 Å². The summed E-state index contributed by atoms with van der Waals surface area (Å²) in [5, 5.41) is 8.33. The van der Waals surface area contributed by atoms with Crippen molar-refractivity contribution in [1.82, 2.24) is 0 Å². The lowest BCUT2D eigenvalue weighted by Crippen LogP contribution is -2.13. The predicted molar refractivity (Wildman–Crippen MR) is 38.9 cm³/mol. The van der Waals surface area contributed by atoms with Crippen molar-refractivity contribution in [3.8, 4) is 6.07 Å². The third kappa shape index (κ3) is 3.37. The monoisotopic (exact) mass is 193 g/mol. The van der Waals surface area contributed by atoms with Crippen molar-refractivity contribution in [1.29, 1.82) is 5.26 Å². The number of nitrogens with zero attached hydrogens (tertiary/aromatic N) is 1. The summed E-state index contributed by atoms with van der Waals surface area (Å²) < 4.78 is 23.5. The summed E-state index contributed by atoms with van der Waals surface area (Å²) in [5.74, 6) is -1.38. The molecule has 68 valence electrons. The molecular formula is C5H8NO5P. The number of hydrogen-bond acceptors (Lipinski definition) is 6. The van der Waals surface area contributed by atoms with E-state index in [1.807, 2.05) is 0 Å². The van der Waals surface area contributed by atoms with Crippen molar-refractivity contribution in [2.75, 3.05) is 14.2 Å². The second-order valence-electron chi connectivity index (χ2n) is 1.60. The predicted octanol–water partition coefficient (Wildman–Crippen LogP) is 0.740. The van der Waals surface area contributed by atoms with Crippen LogP contribution in [0.2, 0.25) is 0 Å². The second-order valence-corrected chi connectivity index (χ2v) is 3.17. The second kappa shape index (κ2) is 5.58. The number of carbonyl (C=O) groups is 1. The Morgan fingerprint density at radius 3 is 2.50 bits per heavy atom. The van der Waals surface area contributed by atoms with Gasteiger partial charge in [0.25, 0.3) is 5.85 Å². The van der Waals surface area contributed by atoms with Gasteiger partial charge in [-0.15, -0.1) is 0 Å². The van der Waals surface area contributed by atoms with E-state index in [1.54, 1.807) is 0 Å². The third-order valence-electron chi connectivity index (χ3n) is 0.913. The van der Waals surface area contributed by atoms with Crippen molar-refractivity contribution in [2.24, 2.45) is 0 Å². The first-order valence-electron chi connectivity index (χ1n) is 2.87. The maximum Gasteiger partial charge on any atom is 0.509 e. The highest BCUT2D eigenvalue weighted by Gasteiger charge is 2.20. The van der Waals surface area contributed by atoms with E-state index >= 15 is 0 Å². The van der Waals surface area contributed by atoms with Gasteiger partial charge in [-0.05, 0) is 0 Å². The van der Waals surface area contributed by atoms with E-state index < -0.39 is 20.0 Å². The van der Waals surface area contributed by atoms with Crippen LogP contribution in [0.5, 0.6) is 0 Å². The molecule has 0 saturated heterocycles. The molecule has 0 aromatic carbocycles. The SMILES string of the molecule is COC(=O)OC(C#N)[PH](=O)OC. The molecular weight excluding hydrogens is 185 g/mol. The molecule has 12 heavy (non-hydrogen) atoms. The Kier molecular flexibility index (Phi) is 5.09. The molecule has 0 saturated carbocycles. The summed E-state index contributed by atoms with van der Waals surface area (Å²) in [6.45, 7) is 0. The molecule has 0 aromatic rings. The molecule has 0 aliphatic heterocycles. The molecule has 0 spiro atoms. The zero-order valence-corrected chi connectivity index (χ0v) is 7.57. The average molecular weight is 193 g/mol. The Morgan fingerprint density at radius 1 is 1.58 bits per heavy atom. The standard InChI is InChI=1S/C5H8NO5P/c1-9-5(7)11-4(3-6)12(8)10-2/h4,12H,1-2H3. The van der Waals surface area contributed by atoms with E-state index in [2.05, 4.69) is 14.0 Å². The van der Waals surface area contributed by atoms with Gasteiger partial charge in [-0.2, -0.15) is 5.26 Å². The van der Waals surface area contributed by atoms with Crippen LogP contribution < -0.4 is 0 Å². The summed E-state index contributed by atoms with van der Waals surface area (Å²) in [5.41, 5.74) is 0. The van der Waals surface area contributed by atoms with Crippen LogP contribution in [-0.4, -0.2) is 26.2 Å². The van der Waals surface area contributed by atoms with Crippen molar-refractivity contribution in [2.45, 2.75) is 5.85 Å². The topological polar surface area (TPSA) is 85.6 Å². The van der Waals surface area contributed by atoms with Crippen LogP contribution in [-0.2, 0) is 18.6 Å². The zero-order valence-electron chi connectivity index (χ0n) is 6.57. The molecule has 0 bridgehead atoms. The largest absolute Gasteiger partial charge is 0.509 e. The van der Waals surface area contributed by atoms with Crippen molar-refractivity contribution in [3.05, 3.63) is 0 Å². The first-order chi connectivity index (χ1) is 5.65. The quantitative estimate of drug-likeness (QED) is 0.485. The lowest BCUT2D eigenvalue weighted by Gasteiger charge is -2.07. The molecule has 0 aliphatic carbocycles. The molecule has 0 N–H and O–H groups in total. The van der Waals surface area contributed by atoms with Gasteiger partial charge in [0, 0.05) is 7.11 Å². The van der Waals surface area contributed by atoms with E-state index in [1.165, 1.54) is 6.07 Å². The number of nitriles is 1. The highest BCUT2D eigenvalue weighted by atomic mass is 31.1. The minimum atomic E-state index is -2.66. The Hall–Kier alpha value is -1.05. The highest BCUT2D eigenvalue weighted by molar-refractivity contribution is 7.40. The van der Waals surface area contributed by atoms with Gasteiger partial charge in [0.2, 0.25) is 8.03 Å². The third-order valence-corrected chi connectivity index (χ3v) is 1.99. The number of rotatable bonds is 3. The maximum atomic E-state index is 10.8. The van der Waals surface area contributed by atoms with Gasteiger partial charge < -0.3 is 14.0 Å². The van der Waals surface area contributed by atoms with Crippen LogP contribution in [0.25, 0.3) is 0 Å². The van der Waals surface area contributed by atoms with Gasteiger partial charge >= 0.3 is 6.16 Å². The average Bonchev–Trinajstić information content (AvgIpc) is 2.12. The normalized spacial score (nSPS) is 14.1. The highest BCUT2D eigenvalue weighted by Crippen LogP contribution is 2.28. The van der Waals surface area contributed by atoms with Gasteiger partial charge in [-0.25, -0.2) is 4.79 Å². The molecule has 0 heterocycles. The van der Waals surface area contributed by atoms with Crippen molar-refractivity contribution >= 4 is 14.2 Å². The van der Waals surface area contributed by atoms with E-state index in [0.29, 0.717) is 0 Å². The van der Waals surface area contributed by atoms with Gasteiger partial charge in [0.05, 0.1) is 7.11 Å². The molecule has 0 amide bonds. The van der Waals surface area contributed by atoms with Crippen LogP contribution >= 0.6 is 8.03 Å². The molecule has 0 fully saturated rings. The molecule has 2 atom stereocenters. The van der Waals surface area contributed by atoms with Gasteiger partial charge in [0.15, 0.2) is 0 Å². The van der Waals surface area contributed by atoms with E-state index in [4.69, 9.17) is 5.26 Å². The fourth-order valence-electron chi connectivity index (χ4n) is 0.379. The molecule has 2 unspecified atom stereocenters. The van der Waals surface area contributed by atoms with Crippen LogP contribution in [0.4, 0.5) is 4.79 Å². The maximum absolute atomic E-state index is 10.8. The van der Waals surface area contributed by atoms with E-state index in [0.717, 1.165) is 14.2 Å². The van der Waals surface area contributed by atoms with Crippen LogP contribution in [0.15, 0.2) is 0 Å². The number of methoxy groups -OCH3 is 1. The van der Waals surface area contributed by atoms with Gasteiger partial charge in [-0.3, -0.25) is 4.57 Å². The molecule has 0 rings (SSSR count). The van der Waals surface area contributed by atoms with E-state index in [9.17, 15) is 9.36 Å².